The van der Waals surface area contributed by atoms with Gasteiger partial charge in [0.1, 0.15) is 5.60 Å². The molecule has 0 saturated carbocycles. The minimum absolute atomic E-state index is 0.0711. The Bertz CT molecular complexity index is 525. The van der Waals surface area contributed by atoms with Gasteiger partial charge in [-0.3, -0.25) is 0 Å². The molecule has 23 heavy (non-hydrogen) atoms. The standard InChI is InChI=1S/C18H29N3O2/c1-18(2,3)23-17(22)20-13-15(12-19)21-11-7-6-9-14-8-4-5-10-16(14)21/h4-5,8,10,15H,6-7,9,11-13,19H2,1-3H3,(H,20,22). The van der Waals surface area contributed by atoms with Crippen molar-refractivity contribution >= 4 is 11.8 Å². The van der Waals surface area contributed by atoms with Crippen molar-refractivity contribution in [2.24, 2.45) is 5.73 Å². The number of fused-ring (bicyclic) bond motifs is 1. The van der Waals surface area contributed by atoms with Crippen LogP contribution in [0.5, 0.6) is 0 Å². The van der Waals surface area contributed by atoms with E-state index in [2.05, 4.69) is 34.5 Å². The fourth-order valence-electron chi connectivity index (χ4n) is 2.94. The largest absolute Gasteiger partial charge is 0.444 e. The molecule has 2 rings (SSSR count). The maximum atomic E-state index is 11.9. The van der Waals surface area contributed by atoms with Crippen LogP contribution in [0, 0.1) is 0 Å². The van der Waals surface area contributed by atoms with E-state index in [-0.39, 0.29) is 12.1 Å². The number of alkyl carbamates (subject to hydrolysis) is 1. The van der Waals surface area contributed by atoms with E-state index < -0.39 is 5.60 Å². The van der Waals surface area contributed by atoms with Gasteiger partial charge in [0.25, 0.3) is 0 Å². The van der Waals surface area contributed by atoms with Crippen molar-refractivity contribution in [1.82, 2.24) is 5.32 Å². The molecule has 3 N–H and O–H groups in total. The van der Waals surface area contributed by atoms with E-state index >= 15 is 0 Å². The minimum atomic E-state index is -0.489. The van der Waals surface area contributed by atoms with Crippen LogP contribution in [0.15, 0.2) is 24.3 Å². The van der Waals surface area contributed by atoms with Crippen LogP contribution in [0.2, 0.25) is 0 Å². The highest BCUT2D eigenvalue weighted by Crippen LogP contribution is 2.27. The van der Waals surface area contributed by atoms with E-state index in [0.29, 0.717) is 13.1 Å². The van der Waals surface area contributed by atoms with Crippen LogP contribution >= 0.6 is 0 Å². The highest BCUT2D eigenvalue weighted by Gasteiger charge is 2.23. The summed E-state index contributed by atoms with van der Waals surface area (Å²) in [5.74, 6) is 0. The van der Waals surface area contributed by atoms with Crippen LogP contribution in [0.3, 0.4) is 0 Å². The first kappa shape index (κ1) is 17.6. The lowest BCUT2D eigenvalue weighted by molar-refractivity contribution is 0.0524. The average molecular weight is 319 g/mol. The number of hydrogen-bond donors (Lipinski definition) is 2. The van der Waals surface area contributed by atoms with Crippen LogP contribution < -0.4 is 16.0 Å². The van der Waals surface area contributed by atoms with Crippen LogP contribution in [0.1, 0.15) is 39.2 Å². The topological polar surface area (TPSA) is 67.6 Å². The normalized spacial score (nSPS) is 16.3. The second-order valence-corrected chi connectivity index (χ2v) is 7.05. The molecule has 0 aliphatic carbocycles. The summed E-state index contributed by atoms with van der Waals surface area (Å²) in [5, 5.41) is 2.86. The number of anilines is 1. The Morgan fingerprint density at radius 3 is 2.78 bits per heavy atom. The lowest BCUT2D eigenvalue weighted by Gasteiger charge is -2.33. The number of ether oxygens (including phenoxy) is 1. The van der Waals surface area contributed by atoms with Crippen LogP contribution in [0.25, 0.3) is 0 Å². The van der Waals surface area contributed by atoms with E-state index in [1.54, 1.807) is 0 Å². The number of nitrogens with zero attached hydrogens (tertiary/aromatic N) is 1. The quantitative estimate of drug-likeness (QED) is 0.895. The van der Waals surface area contributed by atoms with Gasteiger partial charge in [0.05, 0.1) is 6.04 Å². The molecule has 0 fully saturated rings. The molecule has 0 saturated heterocycles. The zero-order chi connectivity index (χ0) is 16.9. The molecule has 0 radical (unpaired) electrons. The summed E-state index contributed by atoms with van der Waals surface area (Å²) >= 11 is 0. The molecule has 128 valence electrons. The first-order valence-corrected chi connectivity index (χ1v) is 8.42. The number of aryl methyl sites for hydroxylation is 1. The molecule has 1 aromatic rings. The molecule has 5 heteroatoms. The molecule has 0 bridgehead atoms. The van der Waals surface area contributed by atoms with Gasteiger partial charge >= 0.3 is 6.09 Å². The third-order valence-corrected chi connectivity index (χ3v) is 3.99. The Morgan fingerprint density at radius 1 is 1.35 bits per heavy atom. The van der Waals surface area contributed by atoms with Gasteiger partial charge in [-0.05, 0) is 51.7 Å². The second-order valence-electron chi connectivity index (χ2n) is 7.05. The fraction of sp³-hybridized carbons (Fsp3) is 0.611. The molecule has 1 aromatic carbocycles. The highest BCUT2D eigenvalue weighted by molar-refractivity contribution is 5.68. The molecule has 0 spiro atoms. The van der Waals surface area contributed by atoms with Gasteiger partial charge in [-0.1, -0.05) is 18.2 Å². The van der Waals surface area contributed by atoms with E-state index in [4.69, 9.17) is 10.5 Å². The van der Waals surface area contributed by atoms with Crippen molar-refractivity contribution in [3.63, 3.8) is 0 Å². The van der Waals surface area contributed by atoms with Gasteiger partial charge in [-0.15, -0.1) is 0 Å². The summed E-state index contributed by atoms with van der Waals surface area (Å²) in [6, 6.07) is 8.55. The predicted octanol–water partition coefficient (Wildman–Crippen LogP) is 2.68. The van der Waals surface area contributed by atoms with Crippen LogP contribution in [-0.4, -0.2) is 37.4 Å². The number of para-hydroxylation sites is 1. The SMILES string of the molecule is CC(C)(C)OC(=O)NCC(CN)N1CCCCc2ccccc21. The number of amides is 1. The molecule has 5 nitrogen and oxygen atoms in total. The molecule has 1 aliphatic rings. The van der Waals surface area contributed by atoms with Crippen molar-refractivity contribution < 1.29 is 9.53 Å². The van der Waals surface area contributed by atoms with Crippen molar-refractivity contribution in [3.05, 3.63) is 29.8 Å². The zero-order valence-electron chi connectivity index (χ0n) is 14.5. The Labute approximate surface area is 139 Å². The van der Waals surface area contributed by atoms with E-state index in [9.17, 15) is 4.79 Å². The van der Waals surface area contributed by atoms with Gasteiger partial charge in [0, 0.05) is 25.3 Å². The molecule has 1 unspecified atom stereocenters. The summed E-state index contributed by atoms with van der Waals surface area (Å²) in [6.45, 7) is 7.52. The molecule has 0 aromatic heterocycles. The molecular formula is C18H29N3O2. The van der Waals surface area contributed by atoms with Crippen molar-refractivity contribution in [3.8, 4) is 0 Å². The monoisotopic (exact) mass is 319 g/mol. The number of rotatable bonds is 4. The second kappa shape index (κ2) is 7.68. The Morgan fingerprint density at radius 2 is 2.09 bits per heavy atom. The number of benzene rings is 1. The summed E-state index contributed by atoms with van der Waals surface area (Å²) in [5.41, 5.74) is 8.11. The molecule has 1 aliphatic heterocycles. The van der Waals surface area contributed by atoms with Gasteiger partial charge in [-0.2, -0.15) is 0 Å². The first-order valence-electron chi connectivity index (χ1n) is 8.42. The lowest BCUT2D eigenvalue weighted by Crippen LogP contribution is -2.49. The first-order chi connectivity index (χ1) is 10.9. The number of nitrogens with two attached hydrogens (primary N) is 1. The Kier molecular flexibility index (Phi) is 5.88. The maximum Gasteiger partial charge on any atom is 0.407 e. The fourth-order valence-corrected chi connectivity index (χ4v) is 2.94. The van der Waals surface area contributed by atoms with E-state index in [0.717, 1.165) is 19.4 Å². The number of nitrogens with one attached hydrogen (secondary N) is 1. The Hall–Kier alpha value is -1.75. The van der Waals surface area contributed by atoms with Gasteiger partial charge in [0.15, 0.2) is 0 Å². The van der Waals surface area contributed by atoms with Crippen LogP contribution in [0.4, 0.5) is 10.5 Å². The van der Waals surface area contributed by atoms with Crippen molar-refractivity contribution in [2.75, 3.05) is 24.5 Å². The number of carbonyl (C=O) groups excluding carboxylic acids is 1. The van der Waals surface area contributed by atoms with Gasteiger partial charge in [0.2, 0.25) is 0 Å². The molecule has 1 amide bonds. The molecular weight excluding hydrogens is 290 g/mol. The predicted molar refractivity (Wildman–Crippen MR) is 93.8 cm³/mol. The van der Waals surface area contributed by atoms with Crippen LogP contribution in [-0.2, 0) is 11.2 Å². The number of carbonyl (C=O) groups is 1. The van der Waals surface area contributed by atoms with Gasteiger partial charge in [-0.25, -0.2) is 4.79 Å². The minimum Gasteiger partial charge on any atom is -0.444 e. The summed E-state index contributed by atoms with van der Waals surface area (Å²) in [7, 11) is 0. The maximum absolute atomic E-state index is 11.9. The van der Waals surface area contributed by atoms with Gasteiger partial charge < -0.3 is 20.7 Å². The lowest BCUT2D eigenvalue weighted by atomic mass is 10.1. The van der Waals surface area contributed by atoms with E-state index in [1.165, 1.54) is 17.7 Å². The van der Waals surface area contributed by atoms with E-state index in [1.807, 2.05) is 20.8 Å². The highest BCUT2D eigenvalue weighted by atomic mass is 16.6. The summed E-state index contributed by atoms with van der Waals surface area (Å²) in [6.07, 6.45) is 3.03. The summed E-state index contributed by atoms with van der Waals surface area (Å²) in [4.78, 5) is 14.2. The van der Waals surface area contributed by atoms with Crippen molar-refractivity contribution in [2.45, 2.75) is 51.7 Å². The third kappa shape index (κ3) is 5.13. The molecule has 1 atom stereocenters. The summed E-state index contributed by atoms with van der Waals surface area (Å²) < 4.78 is 5.30. The van der Waals surface area contributed by atoms with Crippen molar-refractivity contribution in [1.29, 1.82) is 0 Å². The zero-order valence-corrected chi connectivity index (χ0v) is 14.5. The average Bonchev–Trinajstić information content (AvgIpc) is 2.69. The number of hydrogen-bond acceptors (Lipinski definition) is 4. The Balaban J connectivity index is 2.04. The smallest absolute Gasteiger partial charge is 0.407 e. The third-order valence-electron chi connectivity index (χ3n) is 3.99. The molecule has 1 heterocycles.